The molecule has 0 bridgehead atoms. The van der Waals surface area contributed by atoms with Gasteiger partial charge in [-0.15, -0.1) is 0 Å². The largest absolute Gasteiger partial charge is 0.482 e. The molecule has 0 unspecified atom stereocenters. The van der Waals surface area contributed by atoms with Gasteiger partial charge in [-0.05, 0) is 35.9 Å². The van der Waals surface area contributed by atoms with Gasteiger partial charge in [-0.25, -0.2) is 0 Å². The lowest BCUT2D eigenvalue weighted by Gasteiger charge is -2.36. The van der Waals surface area contributed by atoms with E-state index in [0.717, 1.165) is 49.2 Å². The van der Waals surface area contributed by atoms with Crippen molar-refractivity contribution in [3.8, 4) is 5.75 Å². The van der Waals surface area contributed by atoms with Crippen molar-refractivity contribution < 1.29 is 9.53 Å². The maximum atomic E-state index is 11.5. The van der Waals surface area contributed by atoms with Crippen LogP contribution in [-0.4, -0.2) is 43.6 Å². The minimum atomic E-state index is -0.0974. The van der Waals surface area contributed by atoms with E-state index in [9.17, 15) is 4.79 Å². The average molecular weight is 358 g/mol. The summed E-state index contributed by atoms with van der Waals surface area (Å²) in [4.78, 5) is 16.2. The molecule has 0 aliphatic carbocycles. The molecule has 0 atom stereocenters. The highest BCUT2D eigenvalue weighted by Gasteiger charge is 2.19. The van der Waals surface area contributed by atoms with Crippen LogP contribution in [0.25, 0.3) is 0 Å². The van der Waals surface area contributed by atoms with E-state index in [4.69, 9.17) is 16.3 Å². The molecule has 5 nitrogen and oxygen atoms in total. The minimum Gasteiger partial charge on any atom is -0.482 e. The van der Waals surface area contributed by atoms with Crippen LogP contribution in [0.3, 0.4) is 0 Å². The summed E-state index contributed by atoms with van der Waals surface area (Å²) < 4.78 is 5.41. The summed E-state index contributed by atoms with van der Waals surface area (Å²) in [5.74, 6) is 0.647. The Morgan fingerprint density at radius 3 is 2.72 bits per heavy atom. The molecule has 1 amide bonds. The predicted octanol–water partition coefficient (Wildman–Crippen LogP) is 2.99. The standard InChI is InChI=1S/C19H20ClN3O2/c20-15-2-1-3-16(11-15)23-8-6-22(7-9-23)12-14-4-5-18-17(10-14)21-19(24)13-25-18/h1-5,10-11H,6-9,12-13H2,(H,21,24). The van der Waals surface area contributed by atoms with Gasteiger partial charge in [0.2, 0.25) is 0 Å². The summed E-state index contributed by atoms with van der Waals surface area (Å²) in [7, 11) is 0. The van der Waals surface area contributed by atoms with Gasteiger partial charge in [0, 0.05) is 43.4 Å². The van der Waals surface area contributed by atoms with Crippen LogP contribution in [0.1, 0.15) is 5.56 Å². The van der Waals surface area contributed by atoms with Gasteiger partial charge in [0.25, 0.3) is 5.91 Å². The molecule has 130 valence electrons. The number of fused-ring (bicyclic) bond motifs is 1. The molecule has 0 saturated carbocycles. The van der Waals surface area contributed by atoms with E-state index in [-0.39, 0.29) is 12.5 Å². The molecule has 6 heteroatoms. The molecule has 2 heterocycles. The molecular formula is C19H20ClN3O2. The fraction of sp³-hybridized carbons (Fsp3) is 0.316. The second-order valence-electron chi connectivity index (χ2n) is 6.41. The van der Waals surface area contributed by atoms with Gasteiger partial charge in [0.05, 0.1) is 5.69 Å². The quantitative estimate of drug-likeness (QED) is 0.917. The molecule has 0 radical (unpaired) electrons. The van der Waals surface area contributed by atoms with E-state index in [2.05, 4.69) is 27.2 Å². The number of anilines is 2. The molecule has 2 aromatic carbocycles. The van der Waals surface area contributed by atoms with Gasteiger partial charge in [-0.1, -0.05) is 23.7 Å². The van der Waals surface area contributed by atoms with Gasteiger partial charge in [0.1, 0.15) is 5.75 Å². The Morgan fingerprint density at radius 1 is 1.08 bits per heavy atom. The SMILES string of the molecule is O=C1COc2ccc(CN3CCN(c4cccc(Cl)c4)CC3)cc2N1. The van der Waals surface area contributed by atoms with Crippen LogP contribution in [0.2, 0.25) is 5.02 Å². The number of nitrogens with one attached hydrogen (secondary N) is 1. The number of piperazine rings is 1. The first-order valence-corrected chi connectivity index (χ1v) is 8.84. The van der Waals surface area contributed by atoms with E-state index in [1.54, 1.807) is 0 Å². The first kappa shape index (κ1) is 16.2. The molecule has 2 aliphatic rings. The Hall–Kier alpha value is -2.24. The van der Waals surface area contributed by atoms with Gasteiger partial charge in [-0.2, -0.15) is 0 Å². The Kier molecular flexibility index (Phi) is 4.51. The van der Waals surface area contributed by atoms with Crippen LogP contribution >= 0.6 is 11.6 Å². The van der Waals surface area contributed by atoms with E-state index in [1.165, 1.54) is 11.3 Å². The van der Waals surface area contributed by atoms with Crippen molar-refractivity contribution in [2.24, 2.45) is 0 Å². The number of halogens is 1. The van der Waals surface area contributed by atoms with E-state index < -0.39 is 0 Å². The van der Waals surface area contributed by atoms with Crippen molar-refractivity contribution in [2.45, 2.75) is 6.54 Å². The Balaban J connectivity index is 1.37. The van der Waals surface area contributed by atoms with Crippen molar-refractivity contribution in [3.05, 3.63) is 53.1 Å². The highest BCUT2D eigenvalue weighted by atomic mass is 35.5. The summed E-state index contributed by atoms with van der Waals surface area (Å²) in [6.45, 7) is 4.90. The monoisotopic (exact) mass is 357 g/mol. The molecule has 1 N–H and O–H groups in total. The maximum absolute atomic E-state index is 11.5. The second kappa shape index (κ2) is 6.94. The van der Waals surface area contributed by atoms with Gasteiger partial charge >= 0.3 is 0 Å². The van der Waals surface area contributed by atoms with Crippen molar-refractivity contribution in [1.82, 2.24) is 4.90 Å². The number of rotatable bonds is 3. The Labute approximate surface area is 152 Å². The van der Waals surface area contributed by atoms with Crippen LogP contribution in [0.5, 0.6) is 5.75 Å². The average Bonchev–Trinajstić information content (AvgIpc) is 2.62. The fourth-order valence-corrected chi connectivity index (χ4v) is 3.51. The van der Waals surface area contributed by atoms with Crippen molar-refractivity contribution in [3.63, 3.8) is 0 Å². The molecule has 0 aromatic heterocycles. The lowest BCUT2D eigenvalue weighted by atomic mass is 10.1. The van der Waals surface area contributed by atoms with Gasteiger partial charge in [0.15, 0.2) is 6.61 Å². The van der Waals surface area contributed by atoms with Crippen molar-refractivity contribution in [1.29, 1.82) is 0 Å². The van der Waals surface area contributed by atoms with Crippen molar-refractivity contribution in [2.75, 3.05) is 43.0 Å². The zero-order chi connectivity index (χ0) is 17.2. The van der Waals surface area contributed by atoms with Crippen LogP contribution in [0.15, 0.2) is 42.5 Å². The number of carbonyl (C=O) groups excluding carboxylic acids is 1. The number of hydrogen-bond donors (Lipinski definition) is 1. The highest BCUT2D eigenvalue weighted by Crippen LogP contribution is 2.29. The summed E-state index contributed by atoms with van der Waals surface area (Å²) >= 11 is 6.09. The topological polar surface area (TPSA) is 44.8 Å². The van der Waals surface area contributed by atoms with Crippen LogP contribution < -0.4 is 15.0 Å². The minimum absolute atomic E-state index is 0.0950. The molecule has 2 aliphatic heterocycles. The molecule has 4 rings (SSSR count). The summed E-state index contributed by atoms with van der Waals surface area (Å²) in [6.07, 6.45) is 0. The lowest BCUT2D eigenvalue weighted by molar-refractivity contribution is -0.118. The third kappa shape index (κ3) is 3.72. The van der Waals surface area contributed by atoms with Gasteiger partial charge < -0.3 is 15.0 Å². The number of benzene rings is 2. The van der Waals surface area contributed by atoms with Crippen molar-refractivity contribution >= 4 is 28.9 Å². The number of nitrogens with zero attached hydrogens (tertiary/aromatic N) is 2. The highest BCUT2D eigenvalue weighted by molar-refractivity contribution is 6.30. The first-order valence-electron chi connectivity index (χ1n) is 8.46. The maximum Gasteiger partial charge on any atom is 0.262 e. The lowest BCUT2D eigenvalue weighted by Crippen LogP contribution is -2.46. The third-order valence-corrected chi connectivity index (χ3v) is 4.86. The number of carbonyl (C=O) groups is 1. The molecule has 1 fully saturated rings. The van der Waals surface area contributed by atoms with Crippen LogP contribution in [-0.2, 0) is 11.3 Å². The zero-order valence-electron chi connectivity index (χ0n) is 13.9. The summed E-state index contributed by atoms with van der Waals surface area (Å²) in [6, 6.07) is 14.0. The molecule has 1 saturated heterocycles. The normalized spacial score (nSPS) is 17.6. The van der Waals surface area contributed by atoms with E-state index in [0.29, 0.717) is 0 Å². The molecule has 0 spiro atoms. The first-order chi connectivity index (χ1) is 12.2. The molecular weight excluding hydrogens is 338 g/mol. The number of hydrogen-bond acceptors (Lipinski definition) is 4. The van der Waals surface area contributed by atoms with E-state index >= 15 is 0 Å². The second-order valence-corrected chi connectivity index (χ2v) is 6.85. The summed E-state index contributed by atoms with van der Waals surface area (Å²) in [5.41, 5.74) is 3.13. The van der Waals surface area contributed by atoms with E-state index in [1.807, 2.05) is 30.3 Å². The molecule has 2 aromatic rings. The smallest absolute Gasteiger partial charge is 0.262 e. The summed E-state index contributed by atoms with van der Waals surface area (Å²) in [5, 5.41) is 3.64. The molecule has 25 heavy (non-hydrogen) atoms. The van der Waals surface area contributed by atoms with Crippen LogP contribution in [0, 0.1) is 0 Å². The van der Waals surface area contributed by atoms with Gasteiger partial charge in [-0.3, -0.25) is 9.69 Å². The number of ether oxygens (including phenoxy) is 1. The Bertz CT molecular complexity index is 788. The third-order valence-electron chi connectivity index (χ3n) is 4.63. The fourth-order valence-electron chi connectivity index (χ4n) is 3.32. The predicted molar refractivity (Wildman–Crippen MR) is 99.5 cm³/mol. The number of amides is 1. The Morgan fingerprint density at radius 2 is 1.92 bits per heavy atom. The van der Waals surface area contributed by atoms with Crippen LogP contribution in [0.4, 0.5) is 11.4 Å². The zero-order valence-corrected chi connectivity index (χ0v) is 14.6.